The Labute approximate surface area is 149 Å². The van der Waals surface area contributed by atoms with Crippen LogP contribution >= 0.6 is 0 Å². The van der Waals surface area contributed by atoms with Crippen LogP contribution in [0.15, 0.2) is 4.99 Å². The van der Waals surface area contributed by atoms with Gasteiger partial charge in [0.25, 0.3) is 0 Å². The summed E-state index contributed by atoms with van der Waals surface area (Å²) < 4.78 is 5.81. The molecular weight excluding hydrogens is 300 g/mol. The number of rotatable bonds is 11. The van der Waals surface area contributed by atoms with Crippen molar-refractivity contribution in [1.29, 1.82) is 0 Å². The quantitative estimate of drug-likeness (QED) is 0.448. The molecule has 0 aromatic carbocycles. The van der Waals surface area contributed by atoms with E-state index in [-0.39, 0.29) is 0 Å². The topological polar surface area (TPSA) is 48.9 Å². The van der Waals surface area contributed by atoms with Gasteiger partial charge in [0.05, 0.1) is 6.10 Å². The maximum atomic E-state index is 5.81. The molecule has 1 aliphatic heterocycles. The number of guanidine groups is 1. The van der Waals surface area contributed by atoms with Crippen molar-refractivity contribution < 1.29 is 4.74 Å². The first-order valence-electron chi connectivity index (χ1n) is 9.92. The van der Waals surface area contributed by atoms with E-state index in [1.807, 2.05) is 0 Å². The molecule has 0 bridgehead atoms. The first kappa shape index (κ1) is 21.2. The Morgan fingerprint density at radius 2 is 1.83 bits per heavy atom. The van der Waals surface area contributed by atoms with E-state index in [1.54, 1.807) is 0 Å². The van der Waals surface area contributed by atoms with Crippen LogP contribution < -0.4 is 10.6 Å². The Hall–Kier alpha value is -0.810. The molecule has 0 saturated carbocycles. The van der Waals surface area contributed by atoms with E-state index in [9.17, 15) is 0 Å². The normalized spacial score (nSPS) is 18.8. The predicted octanol–water partition coefficient (Wildman–Crippen LogP) is 2.72. The molecule has 2 unspecified atom stereocenters. The number of hydrogen-bond acceptors (Lipinski definition) is 3. The molecule has 0 spiro atoms. The number of ether oxygens (including phenoxy) is 1. The zero-order valence-corrected chi connectivity index (χ0v) is 16.6. The summed E-state index contributed by atoms with van der Waals surface area (Å²) >= 11 is 0. The van der Waals surface area contributed by atoms with Crippen LogP contribution in [0.25, 0.3) is 0 Å². The molecule has 1 aliphatic rings. The van der Waals surface area contributed by atoms with Gasteiger partial charge in [-0.15, -0.1) is 0 Å². The zero-order chi connectivity index (χ0) is 17.8. The Balaban J connectivity index is 2.35. The van der Waals surface area contributed by atoms with Crippen LogP contribution in [-0.4, -0.2) is 62.8 Å². The number of hydrogen-bond donors (Lipinski definition) is 2. The highest BCUT2D eigenvalue weighted by Gasteiger charge is 2.15. The largest absolute Gasteiger partial charge is 0.378 e. The number of nitrogens with one attached hydrogen (secondary N) is 2. The molecule has 0 aromatic heterocycles. The predicted molar refractivity (Wildman–Crippen MR) is 104 cm³/mol. The molecular formula is C19H40N4O. The maximum absolute atomic E-state index is 5.81. The molecule has 0 amide bonds. The summed E-state index contributed by atoms with van der Waals surface area (Å²) in [6.45, 7) is 18.1. The third-order valence-corrected chi connectivity index (χ3v) is 4.52. The van der Waals surface area contributed by atoms with Crippen molar-refractivity contribution >= 4 is 5.96 Å². The van der Waals surface area contributed by atoms with E-state index in [2.05, 4.69) is 50.2 Å². The molecule has 1 rings (SSSR count). The summed E-state index contributed by atoms with van der Waals surface area (Å²) in [6.07, 6.45) is 4.05. The highest BCUT2D eigenvalue weighted by Crippen LogP contribution is 2.11. The lowest BCUT2D eigenvalue weighted by Gasteiger charge is -2.22. The van der Waals surface area contributed by atoms with Crippen molar-refractivity contribution in [2.24, 2.45) is 16.8 Å². The molecule has 5 heteroatoms. The minimum absolute atomic E-state index is 0.319. The van der Waals surface area contributed by atoms with Gasteiger partial charge in [-0.3, -0.25) is 4.99 Å². The standard InChI is InChI=1S/C19H40N4O/c1-6-20-19(21-11-10-18(16(3)4)24-7-2)22-14-17(5)15-23-12-8-9-13-23/h16-18H,6-15H2,1-5H3,(H2,20,21,22). The molecule has 0 radical (unpaired) electrons. The fourth-order valence-electron chi connectivity index (χ4n) is 3.21. The molecule has 2 atom stereocenters. The van der Waals surface area contributed by atoms with Crippen LogP contribution in [-0.2, 0) is 4.74 Å². The molecule has 5 nitrogen and oxygen atoms in total. The van der Waals surface area contributed by atoms with Gasteiger partial charge in [0.15, 0.2) is 5.96 Å². The smallest absolute Gasteiger partial charge is 0.191 e. The lowest BCUT2D eigenvalue weighted by molar-refractivity contribution is 0.0258. The van der Waals surface area contributed by atoms with Gasteiger partial charge in [0.2, 0.25) is 0 Å². The number of nitrogens with zero attached hydrogens (tertiary/aromatic N) is 2. The summed E-state index contributed by atoms with van der Waals surface area (Å²) in [5.74, 6) is 2.09. The van der Waals surface area contributed by atoms with Gasteiger partial charge >= 0.3 is 0 Å². The van der Waals surface area contributed by atoms with Gasteiger partial charge in [0, 0.05) is 32.8 Å². The lowest BCUT2D eigenvalue weighted by atomic mass is 10.0. The molecule has 1 fully saturated rings. The molecule has 1 saturated heterocycles. The minimum Gasteiger partial charge on any atom is -0.378 e. The van der Waals surface area contributed by atoms with E-state index in [1.165, 1.54) is 32.5 Å². The monoisotopic (exact) mass is 340 g/mol. The third kappa shape index (κ3) is 8.88. The molecule has 142 valence electrons. The average molecular weight is 341 g/mol. The van der Waals surface area contributed by atoms with Gasteiger partial charge in [-0.25, -0.2) is 0 Å². The molecule has 0 aromatic rings. The Kier molecular flexibility index (Phi) is 11.1. The third-order valence-electron chi connectivity index (χ3n) is 4.52. The van der Waals surface area contributed by atoms with Crippen LogP contribution in [0.1, 0.15) is 53.9 Å². The van der Waals surface area contributed by atoms with Crippen LogP contribution in [0.5, 0.6) is 0 Å². The van der Waals surface area contributed by atoms with E-state index in [0.717, 1.165) is 38.6 Å². The summed E-state index contributed by atoms with van der Waals surface area (Å²) in [5, 5.41) is 6.81. The SMILES string of the molecule is CCNC(=NCC(C)CN1CCCC1)NCCC(OCC)C(C)C. The second-order valence-electron chi connectivity index (χ2n) is 7.29. The lowest BCUT2D eigenvalue weighted by Crippen LogP contribution is -2.40. The van der Waals surface area contributed by atoms with E-state index in [4.69, 9.17) is 9.73 Å². The van der Waals surface area contributed by atoms with Crippen LogP contribution in [0, 0.1) is 11.8 Å². The van der Waals surface area contributed by atoms with Crippen LogP contribution in [0.2, 0.25) is 0 Å². The van der Waals surface area contributed by atoms with Crippen molar-refractivity contribution in [2.75, 3.05) is 45.9 Å². The molecule has 2 N–H and O–H groups in total. The second kappa shape index (κ2) is 12.5. The van der Waals surface area contributed by atoms with Crippen molar-refractivity contribution in [3.63, 3.8) is 0 Å². The first-order valence-corrected chi connectivity index (χ1v) is 9.92. The van der Waals surface area contributed by atoms with Crippen molar-refractivity contribution in [3.05, 3.63) is 0 Å². The van der Waals surface area contributed by atoms with E-state index >= 15 is 0 Å². The number of aliphatic imine (C=N–C) groups is 1. The summed E-state index contributed by atoms with van der Waals surface area (Å²) in [4.78, 5) is 7.34. The Bertz CT molecular complexity index is 340. The Morgan fingerprint density at radius 1 is 1.12 bits per heavy atom. The van der Waals surface area contributed by atoms with Gasteiger partial charge in [-0.2, -0.15) is 0 Å². The fraction of sp³-hybridized carbons (Fsp3) is 0.947. The van der Waals surface area contributed by atoms with Crippen molar-refractivity contribution in [3.8, 4) is 0 Å². The molecule has 1 heterocycles. The summed E-state index contributed by atoms with van der Waals surface area (Å²) in [5.41, 5.74) is 0. The van der Waals surface area contributed by atoms with Crippen LogP contribution in [0.4, 0.5) is 0 Å². The van der Waals surface area contributed by atoms with E-state index < -0.39 is 0 Å². The highest BCUT2D eigenvalue weighted by molar-refractivity contribution is 5.79. The summed E-state index contributed by atoms with van der Waals surface area (Å²) in [7, 11) is 0. The van der Waals surface area contributed by atoms with Crippen molar-refractivity contribution in [1.82, 2.24) is 15.5 Å². The average Bonchev–Trinajstić information content (AvgIpc) is 3.04. The minimum atomic E-state index is 0.319. The van der Waals surface area contributed by atoms with Gasteiger partial charge in [-0.05, 0) is 58.0 Å². The molecule has 24 heavy (non-hydrogen) atoms. The highest BCUT2D eigenvalue weighted by atomic mass is 16.5. The fourth-order valence-corrected chi connectivity index (χ4v) is 3.21. The molecule has 0 aliphatic carbocycles. The summed E-state index contributed by atoms with van der Waals surface area (Å²) in [6, 6.07) is 0. The maximum Gasteiger partial charge on any atom is 0.191 e. The zero-order valence-electron chi connectivity index (χ0n) is 16.6. The van der Waals surface area contributed by atoms with Gasteiger partial charge in [0.1, 0.15) is 0 Å². The number of likely N-dealkylation sites (tertiary alicyclic amines) is 1. The second-order valence-corrected chi connectivity index (χ2v) is 7.29. The van der Waals surface area contributed by atoms with E-state index in [0.29, 0.717) is 17.9 Å². The Morgan fingerprint density at radius 3 is 2.42 bits per heavy atom. The first-order chi connectivity index (χ1) is 11.6. The van der Waals surface area contributed by atoms with Crippen molar-refractivity contribution in [2.45, 2.75) is 60.0 Å². The van der Waals surface area contributed by atoms with Crippen LogP contribution in [0.3, 0.4) is 0 Å². The van der Waals surface area contributed by atoms with Gasteiger partial charge < -0.3 is 20.3 Å². The van der Waals surface area contributed by atoms with Gasteiger partial charge in [-0.1, -0.05) is 20.8 Å².